The number of rotatable bonds is 6. The van der Waals surface area contributed by atoms with Crippen LogP contribution in [0.4, 0.5) is 10.1 Å². The van der Waals surface area contributed by atoms with Crippen molar-refractivity contribution < 1.29 is 17.5 Å². The predicted molar refractivity (Wildman–Crippen MR) is 64.8 cm³/mol. The lowest BCUT2D eigenvalue weighted by atomic mass is 10.2. The van der Waals surface area contributed by atoms with Crippen molar-refractivity contribution >= 4 is 15.5 Å². The maximum Gasteiger partial charge on any atom is 0.154 e. The molecule has 2 N–H and O–H groups in total. The number of ether oxygens (including phenoxy) is 1. The van der Waals surface area contributed by atoms with E-state index in [2.05, 4.69) is 0 Å². The van der Waals surface area contributed by atoms with E-state index in [-0.39, 0.29) is 11.5 Å². The molecular weight excluding hydrogens is 245 g/mol. The number of halogens is 1. The molecular formula is C11H16FNO3S. The number of hydrogen-bond acceptors (Lipinski definition) is 4. The molecule has 4 nitrogen and oxygen atoms in total. The Morgan fingerprint density at radius 3 is 2.76 bits per heavy atom. The standard InChI is InChI=1S/C11H16FNO3S/c1-16-5-2-6-17(14,15)8-9-7-10(12)3-4-11(9)13/h3-4,7H,2,5-6,8,13H2,1H3. The number of methoxy groups -OCH3 is 1. The predicted octanol–water partition coefficient (Wildman–Crippen LogP) is 1.36. The van der Waals surface area contributed by atoms with Crippen LogP contribution in [0.3, 0.4) is 0 Å². The fourth-order valence-corrected chi connectivity index (χ4v) is 2.86. The first-order chi connectivity index (χ1) is 7.94. The van der Waals surface area contributed by atoms with Gasteiger partial charge in [0.25, 0.3) is 0 Å². The fourth-order valence-electron chi connectivity index (χ4n) is 1.43. The average Bonchev–Trinajstić information content (AvgIpc) is 2.23. The summed E-state index contributed by atoms with van der Waals surface area (Å²) in [6.07, 6.45) is 0.425. The Morgan fingerprint density at radius 1 is 1.41 bits per heavy atom. The third kappa shape index (κ3) is 4.70. The zero-order chi connectivity index (χ0) is 12.9. The normalized spacial score (nSPS) is 11.6. The van der Waals surface area contributed by atoms with Crippen molar-refractivity contribution in [3.63, 3.8) is 0 Å². The molecule has 1 rings (SSSR count). The maximum absolute atomic E-state index is 13.0. The van der Waals surface area contributed by atoms with Gasteiger partial charge in [0.05, 0.1) is 11.5 Å². The van der Waals surface area contributed by atoms with E-state index in [4.69, 9.17) is 10.5 Å². The Morgan fingerprint density at radius 2 is 2.12 bits per heavy atom. The highest BCUT2D eigenvalue weighted by Crippen LogP contribution is 2.17. The Bertz CT molecular complexity index is 474. The zero-order valence-electron chi connectivity index (χ0n) is 9.65. The summed E-state index contributed by atoms with van der Waals surface area (Å²) in [5, 5.41) is 0. The van der Waals surface area contributed by atoms with E-state index in [9.17, 15) is 12.8 Å². The summed E-state index contributed by atoms with van der Waals surface area (Å²) in [5.74, 6) is -0.710. The number of benzene rings is 1. The monoisotopic (exact) mass is 261 g/mol. The largest absolute Gasteiger partial charge is 0.398 e. The minimum absolute atomic E-state index is 0.0107. The van der Waals surface area contributed by atoms with Gasteiger partial charge in [-0.1, -0.05) is 0 Å². The second kappa shape index (κ2) is 5.97. The van der Waals surface area contributed by atoms with Crippen LogP contribution in [0.5, 0.6) is 0 Å². The lowest BCUT2D eigenvalue weighted by Crippen LogP contribution is -2.12. The first-order valence-electron chi connectivity index (χ1n) is 5.18. The van der Waals surface area contributed by atoms with Gasteiger partial charge in [0, 0.05) is 19.4 Å². The van der Waals surface area contributed by atoms with Gasteiger partial charge >= 0.3 is 0 Å². The lowest BCUT2D eigenvalue weighted by molar-refractivity contribution is 0.199. The van der Waals surface area contributed by atoms with Gasteiger partial charge in [-0.25, -0.2) is 12.8 Å². The van der Waals surface area contributed by atoms with Crippen molar-refractivity contribution in [2.45, 2.75) is 12.2 Å². The SMILES string of the molecule is COCCCS(=O)(=O)Cc1cc(F)ccc1N. The van der Waals surface area contributed by atoms with Crippen LogP contribution in [0.25, 0.3) is 0 Å². The van der Waals surface area contributed by atoms with E-state index in [1.165, 1.54) is 19.2 Å². The summed E-state index contributed by atoms with van der Waals surface area (Å²) in [6.45, 7) is 0.387. The number of hydrogen-bond donors (Lipinski definition) is 1. The van der Waals surface area contributed by atoms with Gasteiger partial charge in [0.15, 0.2) is 9.84 Å². The number of nitrogens with two attached hydrogens (primary N) is 1. The van der Waals surface area contributed by atoms with Crippen LogP contribution in [-0.2, 0) is 20.3 Å². The quantitative estimate of drug-likeness (QED) is 0.620. The molecule has 6 heteroatoms. The molecule has 1 aromatic carbocycles. The van der Waals surface area contributed by atoms with Crippen LogP contribution in [0.15, 0.2) is 18.2 Å². The van der Waals surface area contributed by atoms with Crippen LogP contribution >= 0.6 is 0 Å². The third-order valence-corrected chi connectivity index (χ3v) is 3.95. The Labute approximate surface area is 101 Å². The third-order valence-electron chi connectivity index (χ3n) is 2.28. The molecule has 0 aliphatic rings. The summed E-state index contributed by atoms with van der Waals surface area (Å²) in [6, 6.07) is 3.73. The molecule has 0 atom stereocenters. The highest BCUT2D eigenvalue weighted by molar-refractivity contribution is 7.90. The first kappa shape index (κ1) is 13.9. The zero-order valence-corrected chi connectivity index (χ0v) is 10.5. The molecule has 0 heterocycles. The van der Waals surface area contributed by atoms with E-state index in [0.29, 0.717) is 24.3 Å². The highest BCUT2D eigenvalue weighted by Gasteiger charge is 2.14. The Balaban J connectivity index is 2.72. The van der Waals surface area contributed by atoms with Crippen LogP contribution in [-0.4, -0.2) is 27.9 Å². The van der Waals surface area contributed by atoms with Gasteiger partial charge in [-0.2, -0.15) is 0 Å². The van der Waals surface area contributed by atoms with Crippen LogP contribution in [0, 0.1) is 5.82 Å². The topological polar surface area (TPSA) is 69.4 Å². The van der Waals surface area contributed by atoms with E-state index in [1.807, 2.05) is 0 Å². The van der Waals surface area contributed by atoms with Crippen LogP contribution < -0.4 is 5.73 Å². The molecule has 0 saturated carbocycles. The molecule has 17 heavy (non-hydrogen) atoms. The Hall–Kier alpha value is -1.14. The molecule has 0 aromatic heterocycles. The summed E-state index contributed by atoms with van der Waals surface area (Å²) in [7, 11) is -1.76. The van der Waals surface area contributed by atoms with Crippen molar-refractivity contribution in [2.24, 2.45) is 0 Å². The second-order valence-electron chi connectivity index (χ2n) is 3.78. The molecule has 0 saturated heterocycles. The van der Waals surface area contributed by atoms with Crippen LogP contribution in [0.2, 0.25) is 0 Å². The molecule has 0 amide bonds. The van der Waals surface area contributed by atoms with Crippen molar-refractivity contribution in [1.82, 2.24) is 0 Å². The molecule has 0 aliphatic carbocycles. The maximum atomic E-state index is 13.0. The molecule has 0 fully saturated rings. The second-order valence-corrected chi connectivity index (χ2v) is 5.97. The first-order valence-corrected chi connectivity index (χ1v) is 7.00. The number of anilines is 1. The highest BCUT2D eigenvalue weighted by atomic mass is 32.2. The summed E-state index contributed by atoms with van der Waals surface area (Å²) in [4.78, 5) is 0. The molecule has 0 aliphatic heterocycles. The smallest absolute Gasteiger partial charge is 0.154 e. The summed E-state index contributed by atoms with van der Waals surface area (Å²) >= 11 is 0. The van der Waals surface area contributed by atoms with Gasteiger partial charge < -0.3 is 10.5 Å². The minimum Gasteiger partial charge on any atom is -0.398 e. The molecule has 0 unspecified atom stereocenters. The van der Waals surface area contributed by atoms with Crippen molar-refractivity contribution in [2.75, 3.05) is 25.2 Å². The summed E-state index contributed by atoms with van der Waals surface area (Å²) < 4.78 is 41.1. The van der Waals surface area contributed by atoms with Gasteiger partial charge in [-0.05, 0) is 30.2 Å². The number of nitrogen functional groups attached to an aromatic ring is 1. The van der Waals surface area contributed by atoms with Crippen LogP contribution in [0.1, 0.15) is 12.0 Å². The summed E-state index contributed by atoms with van der Waals surface area (Å²) in [5.41, 5.74) is 6.20. The van der Waals surface area contributed by atoms with Gasteiger partial charge in [-0.15, -0.1) is 0 Å². The van der Waals surface area contributed by atoms with Gasteiger partial charge in [0.2, 0.25) is 0 Å². The molecule has 96 valence electrons. The molecule has 0 radical (unpaired) electrons. The van der Waals surface area contributed by atoms with Crippen molar-refractivity contribution in [3.8, 4) is 0 Å². The van der Waals surface area contributed by atoms with E-state index < -0.39 is 15.7 Å². The molecule has 0 bridgehead atoms. The average molecular weight is 261 g/mol. The lowest BCUT2D eigenvalue weighted by Gasteiger charge is -2.07. The Kier molecular flexibility index (Phi) is 4.89. The van der Waals surface area contributed by atoms with Crippen molar-refractivity contribution in [3.05, 3.63) is 29.6 Å². The van der Waals surface area contributed by atoms with E-state index in [1.54, 1.807) is 0 Å². The fraction of sp³-hybridized carbons (Fsp3) is 0.455. The molecule has 1 aromatic rings. The number of sulfone groups is 1. The van der Waals surface area contributed by atoms with Crippen molar-refractivity contribution in [1.29, 1.82) is 0 Å². The van der Waals surface area contributed by atoms with E-state index >= 15 is 0 Å². The van der Waals surface area contributed by atoms with Gasteiger partial charge in [0.1, 0.15) is 5.82 Å². The van der Waals surface area contributed by atoms with Gasteiger partial charge in [-0.3, -0.25) is 0 Å². The molecule has 0 spiro atoms. The van der Waals surface area contributed by atoms with E-state index in [0.717, 1.165) is 6.07 Å². The minimum atomic E-state index is -3.27.